The fourth-order valence-electron chi connectivity index (χ4n) is 2.99. The number of carbonyl (C=O) groups is 3. The molecule has 3 amide bonds. The molecule has 4 rings (SSSR count). The Kier molecular flexibility index (Phi) is 7.84. The van der Waals surface area contributed by atoms with E-state index in [4.69, 9.17) is 19.5 Å². The van der Waals surface area contributed by atoms with E-state index in [-0.39, 0.29) is 30.6 Å². The molecule has 0 bridgehead atoms. The van der Waals surface area contributed by atoms with Crippen LogP contribution in [0.5, 0.6) is 17.2 Å². The van der Waals surface area contributed by atoms with Crippen molar-refractivity contribution in [3.8, 4) is 23.3 Å². The Labute approximate surface area is 209 Å². The fourth-order valence-corrected chi connectivity index (χ4v) is 3.78. The number of carbonyl (C=O) groups excluding carboxylic acids is 3. The number of amides is 3. The topological polar surface area (TPSA) is 152 Å². The van der Waals surface area contributed by atoms with Gasteiger partial charge in [0.05, 0.1) is 22.9 Å². The highest BCUT2D eigenvalue weighted by Gasteiger charge is 2.17. The lowest BCUT2D eigenvalue weighted by Gasteiger charge is -2.11. The number of pyridine rings is 1. The summed E-state index contributed by atoms with van der Waals surface area (Å²) in [7, 11) is 0. The molecule has 0 atom stereocenters. The Hall–Kier alpha value is -4.76. The molecule has 11 nitrogen and oxygen atoms in total. The third-order valence-corrected chi connectivity index (χ3v) is 5.69. The van der Waals surface area contributed by atoms with Crippen molar-refractivity contribution in [3.05, 3.63) is 71.9 Å². The summed E-state index contributed by atoms with van der Waals surface area (Å²) in [4.78, 5) is 41.2. The first-order valence-corrected chi connectivity index (χ1v) is 11.5. The van der Waals surface area contributed by atoms with Crippen molar-refractivity contribution >= 4 is 35.2 Å². The zero-order valence-corrected chi connectivity index (χ0v) is 19.5. The molecule has 36 heavy (non-hydrogen) atoms. The Morgan fingerprint density at radius 2 is 1.83 bits per heavy atom. The molecule has 0 radical (unpaired) electrons. The lowest BCUT2D eigenvalue weighted by molar-refractivity contribution is -0.123. The maximum absolute atomic E-state index is 12.6. The van der Waals surface area contributed by atoms with Gasteiger partial charge in [0.15, 0.2) is 18.1 Å². The monoisotopic (exact) mass is 505 g/mol. The van der Waals surface area contributed by atoms with Crippen molar-refractivity contribution in [3.63, 3.8) is 0 Å². The number of rotatable bonds is 8. The number of hydrogen-bond donors (Lipinski definition) is 3. The Morgan fingerprint density at radius 1 is 1.03 bits per heavy atom. The normalized spacial score (nSPS) is 11.2. The molecule has 0 saturated carbocycles. The summed E-state index contributed by atoms with van der Waals surface area (Å²) in [6, 6.07) is 16.4. The third-order valence-electron chi connectivity index (χ3n) is 4.68. The summed E-state index contributed by atoms with van der Waals surface area (Å²) in [5.74, 6) is 0.0659. The highest BCUT2D eigenvalue weighted by molar-refractivity contribution is 8.00. The Morgan fingerprint density at radius 3 is 2.64 bits per heavy atom. The number of aromatic nitrogens is 1. The molecule has 0 aliphatic carbocycles. The molecule has 0 saturated heterocycles. The zero-order valence-electron chi connectivity index (χ0n) is 18.6. The van der Waals surface area contributed by atoms with E-state index in [9.17, 15) is 14.4 Å². The lowest BCUT2D eigenvalue weighted by atomic mass is 10.2. The molecule has 2 heterocycles. The smallest absolute Gasteiger partial charge is 0.276 e. The minimum absolute atomic E-state index is 0.00345. The van der Waals surface area contributed by atoms with Gasteiger partial charge in [-0.15, -0.1) is 0 Å². The molecule has 3 N–H and O–H groups in total. The molecule has 0 spiro atoms. The number of ether oxygens (including phenoxy) is 3. The quantitative estimate of drug-likeness (QED) is 0.309. The first-order valence-electron chi connectivity index (χ1n) is 10.5. The number of anilines is 1. The highest BCUT2D eigenvalue weighted by atomic mass is 32.2. The number of hydrazine groups is 1. The van der Waals surface area contributed by atoms with Crippen LogP contribution in [0.15, 0.2) is 65.8 Å². The van der Waals surface area contributed by atoms with Crippen molar-refractivity contribution in [1.29, 1.82) is 5.26 Å². The third kappa shape index (κ3) is 6.43. The van der Waals surface area contributed by atoms with Crippen molar-refractivity contribution < 1.29 is 28.6 Å². The van der Waals surface area contributed by atoms with Crippen molar-refractivity contribution in [1.82, 2.24) is 15.8 Å². The fraction of sp³-hybridized carbons (Fsp3) is 0.125. The van der Waals surface area contributed by atoms with Crippen LogP contribution in [0.2, 0.25) is 0 Å². The van der Waals surface area contributed by atoms with Crippen LogP contribution >= 0.6 is 11.8 Å². The summed E-state index contributed by atoms with van der Waals surface area (Å²) >= 11 is 1.07. The standard InChI is InChI=1S/C24H19N5O6S/c25-11-15-3-6-17(7-4-15)33-12-21(30)28-29-23(32)18-2-1-9-26-24(18)36-13-22(31)27-16-5-8-19-20(10-16)35-14-34-19/h1-10H,12-14H2,(H,27,31)(H,28,30)(H,29,32). The van der Waals surface area contributed by atoms with Gasteiger partial charge in [0, 0.05) is 18.0 Å². The van der Waals surface area contributed by atoms with Gasteiger partial charge in [-0.25, -0.2) is 4.98 Å². The van der Waals surface area contributed by atoms with Crippen LogP contribution < -0.4 is 30.4 Å². The molecular weight excluding hydrogens is 486 g/mol. The molecule has 1 aromatic heterocycles. The molecule has 2 aromatic carbocycles. The summed E-state index contributed by atoms with van der Waals surface area (Å²) in [5.41, 5.74) is 5.77. The van der Waals surface area contributed by atoms with Gasteiger partial charge in [0.1, 0.15) is 10.8 Å². The van der Waals surface area contributed by atoms with Crippen LogP contribution in [-0.4, -0.2) is 41.9 Å². The Bertz CT molecular complexity index is 1330. The number of nitrogens with one attached hydrogen (secondary N) is 3. The molecule has 12 heteroatoms. The van der Waals surface area contributed by atoms with Gasteiger partial charge < -0.3 is 19.5 Å². The van der Waals surface area contributed by atoms with E-state index in [1.165, 1.54) is 12.3 Å². The summed E-state index contributed by atoms with van der Waals surface area (Å²) in [6.45, 7) is -0.210. The minimum atomic E-state index is -0.603. The largest absolute Gasteiger partial charge is 0.484 e. The van der Waals surface area contributed by atoms with E-state index < -0.39 is 11.8 Å². The summed E-state index contributed by atoms with van der Waals surface area (Å²) in [5, 5.41) is 11.9. The molecule has 1 aliphatic rings. The average molecular weight is 506 g/mol. The molecule has 3 aromatic rings. The van der Waals surface area contributed by atoms with Crippen LogP contribution in [0, 0.1) is 11.3 Å². The van der Waals surface area contributed by atoms with Gasteiger partial charge in [-0.3, -0.25) is 25.2 Å². The maximum atomic E-state index is 12.6. The molecule has 182 valence electrons. The van der Waals surface area contributed by atoms with Crippen LogP contribution in [0.3, 0.4) is 0 Å². The first kappa shape index (κ1) is 24.4. The number of hydrogen-bond acceptors (Lipinski definition) is 9. The van der Waals surface area contributed by atoms with E-state index in [1.807, 2.05) is 6.07 Å². The van der Waals surface area contributed by atoms with Crippen LogP contribution in [0.25, 0.3) is 0 Å². The second-order valence-corrected chi connectivity index (χ2v) is 8.15. The predicted molar refractivity (Wildman–Crippen MR) is 128 cm³/mol. The first-order chi connectivity index (χ1) is 17.5. The van der Waals surface area contributed by atoms with E-state index in [0.717, 1.165) is 11.8 Å². The summed E-state index contributed by atoms with van der Waals surface area (Å²) in [6.07, 6.45) is 1.50. The van der Waals surface area contributed by atoms with E-state index in [1.54, 1.807) is 48.5 Å². The predicted octanol–water partition coefficient (Wildman–Crippen LogP) is 2.25. The van der Waals surface area contributed by atoms with E-state index in [0.29, 0.717) is 33.5 Å². The van der Waals surface area contributed by atoms with Gasteiger partial charge in [0.25, 0.3) is 11.8 Å². The number of nitrogens with zero attached hydrogens (tertiary/aromatic N) is 2. The van der Waals surface area contributed by atoms with Gasteiger partial charge in [-0.2, -0.15) is 5.26 Å². The van der Waals surface area contributed by atoms with Gasteiger partial charge in [-0.05, 0) is 48.5 Å². The summed E-state index contributed by atoms with van der Waals surface area (Å²) < 4.78 is 15.9. The lowest BCUT2D eigenvalue weighted by Crippen LogP contribution is -2.44. The van der Waals surface area contributed by atoms with Gasteiger partial charge >= 0.3 is 0 Å². The minimum Gasteiger partial charge on any atom is -0.484 e. The van der Waals surface area contributed by atoms with Gasteiger partial charge in [0.2, 0.25) is 12.7 Å². The molecular formula is C24H19N5O6S. The SMILES string of the molecule is N#Cc1ccc(OCC(=O)NNC(=O)c2cccnc2SCC(=O)Nc2ccc3c(c2)OCO3)cc1. The number of fused-ring (bicyclic) bond motifs is 1. The van der Waals surface area contributed by atoms with Crippen LogP contribution in [0.1, 0.15) is 15.9 Å². The van der Waals surface area contributed by atoms with Crippen molar-refractivity contribution in [2.24, 2.45) is 0 Å². The zero-order chi connectivity index (χ0) is 25.3. The van der Waals surface area contributed by atoms with Crippen molar-refractivity contribution in [2.45, 2.75) is 5.03 Å². The number of benzene rings is 2. The molecule has 0 fully saturated rings. The van der Waals surface area contributed by atoms with Crippen molar-refractivity contribution in [2.75, 3.05) is 24.5 Å². The number of nitriles is 1. The second kappa shape index (κ2) is 11.6. The second-order valence-electron chi connectivity index (χ2n) is 7.19. The number of thioether (sulfide) groups is 1. The average Bonchev–Trinajstić information content (AvgIpc) is 3.38. The highest BCUT2D eigenvalue weighted by Crippen LogP contribution is 2.34. The van der Waals surface area contributed by atoms with E-state index >= 15 is 0 Å². The van der Waals surface area contributed by atoms with Gasteiger partial charge in [-0.1, -0.05) is 11.8 Å². The maximum Gasteiger partial charge on any atom is 0.276 e. The van der Waals surface area contributed by atoms with Crippen LogP contribution in [-0.2, 0) is 9.59 Å². The van der Waals surface area contributed by atoms with E-state index in [2.05, 4.69) is 21.2 Å². The molecule has 0 unspecified atom stereocenters. The molecule has 1 aliphatic heterocycles. The Balaban J connectivity index is 1.25. The van der Waals surface area contributed by atoms with Crippen LogP contribution in [0.4, 0.5) is 5.69 Å².